The molecule has 1 saturated heterocycles. The van der Waals surface area contributed by atoms with E-state index in [1.54, 1.807) is 0 Å². The lowest BCUT2D eigenvalue weighted by molar-refractivity contribution is 0.00873. The Balaban J connectivity index is 1.17. The van der Waals surface area contributed by atoms with E-state index >= 15 is 0 Å². The lowest BCUT2D eigenvalue weighted by atomic mass is 10.1. The maximum absolute atomic E-state index is 12.0. The fraction of sp³-hybridized carbons (Fsp3) is 0.360. The Morgan fingerprint density at radius 2 is 1.81 bits per heavy atom. The highest BCUT2D eigenvalue weighted by atomic mass is 16.6. The molecule has 5 rings (SSSR count). The van der Waals surface area contributed by atoms with Gasteiger partial charge in [0.05, 0.1) is 31.6 Å². The van der Waals surface area contributed by atoms with Crippen LogP contribution in [0.4, 0.5) is 0 Å². The third-order valence-electron chi connectivity index (χ3n) is 5.71. The van der Waals surface area contributed by atoms with Gasteiger partial charge in [0.2, 0.25) is 0 Å². The first-order valence-electron chi connectivity index (χ1n) is 11.0. The molecule has 0 spiro atoms. The van der Waals surface area contributed by atoms with E-state index in [0.717, 1.165) is 36.5 Å². The van der Waals surface area contributed by atoms with Crippen molar-refractivity contribution in [3.05, 3.63) is 76.7 Å². The minimum Gasteiger partial charge on any atom is -0.490 e. The molecule has 2 aliphatic heterocycles. The third kappa shape index (κ3) is 4.84. The molecule has 0 amide bonds. The summed E-state index contributed by atoms with van der Waals surface area (Å²) in [4.78, 5) is 16.0. The molecule has 3 heterocycles. The largest absolute Gasteiger partial charge is 0.490 e. The monoisotopic (exact) mass is 434 g/mol. The van der Waals surface area contributed by atoms with Crippen molar-refractivity contribution in [3.63, 3.8) is 0 Å². The van der Waals surface area contributed by atoms with E-state index in [2.05, 4.69) is 17.1 Å². The van der Waals surface area contributed by atoms with Gasteiger partial charge in [-0.1, -0.05) is 42.5 Å². The summed E-state index contributed by atoms with van der Waals surface area (Å²) in [6, 6.07) is 20.0. The van der Waals surface area contributed by atoms with Crippen LogP contribution in [0.1, 0.15) is 18.5 Å². The summed E-state index contributed by atoms with van der Waals surface area (Å²) in [6.45, 7) is 2.56. The molecule has 32 heavy (non-hydrogen) atoms. The zero-order valence-electron chi connectivity index (χ0n) is 17.8. The summed E-state index contributed by atoms with van der Waals surface area (Å²) in [5.41, 5.74) is 2.73. The van der Waals surface area contributed by atoms with Gasteiger partial charge in [0.25, 0.3) is 5.56 Å². The molecule has 0 N–H and O–H groups in total. The molecule has 2 atom stereocenters. The number of hydrogen-bond acceptors (Lipinski definition) is 6. The molecule has 1 aromatic heterocycles. The van der Waals surface area contributed by atoms with E-state index < -0.39 is 0 Å². The Morgan fingerprint density at radius 1 is 1.00 bits per heavy atom. The summed E-state index contributed by atoms with van der Waals surface area (Å²) >= 11 is 0. The molecule has 2 aliphatic rings. The molecule has 1 unspecified atom stereocenters. The van der Waals surface area contributed by atoms with Crippen molar-refractivity contribution in [2.24, 2.45) is 0 Å². The van der Waals surface area contributed by atoms with E-state index in [1.165, 1.54) is 11.6 Å². The second kappa shape index (κ2) is 9.54. The molecule has 2 aromatic carbocycles. The van der Waals surface area contributed by atoms with E-state index in [-0.39, 0.29) is 17.8 Å². The van der Waals surface area contributed by atoms with Crippen molar-refractivity contribution < 1.29 is 18.9 Å². The molecule has 0 bridgehead atoms. The fourth-order valence-electron chi connectivity index (χ4n) is 4.05. The molecular weight excluding hydrogens is 408 g/mol. The van der Waals surface area contributed by atoms with Gasteiger partial charge in [-0.2, -0.15) is 4.98 Å². The van der Waals surface area contributed by atoms with Crippen LogP contribution in [0.2, 0.25) is 0 Å². The summed E-state index contributed by atoms with van der Waals surface area (Å²) in [5.74, 6) is 0.770. The average Bonchev–Trinajstić information content (AvgIpc) is 3.48. The second-order valence-electron chi connectivity index (χ2n) is 8.07. The van der Waals surface area contributed by atoms with Crippen molar-refractivity contribution in [2.45, 2.75) is 38.2 Å². The van der Waals surface area contributed by atoms with E-state index in [0.29, 0.717) is 32.4 Å². The van der Waals surface area contributed by atoms with Crippen molar-refractivity contribution in [1.29, 1.82) is 0 Å². The maximum atomic E-state index is 12.0. The van der Waals surface area contributed by atoms with Gasteiger partial charge < -0.3 is 18.9 Å². The molecule has 0 aliphatic carbocycles. The smallest absolute Gasteiger partial charge is 0.300 e. The number of rotatable bonds is 8. The van der Waals surface area contributed by atoms with Crippen molar-refractivity contribution >= 4 is 0 Å². The fourth-order valence-corrected chi connectivity index (χ4v) is 4.05. The van der Waals surface area contributed by atoms with Gasteiger partial charge in [-0.05, 0) is 36.1 Å². The lowest BCUT2D eigenvalue weighted by Crippen LogP contribution is -2.23. The Morgan fingerprint density at radius 3 is 2.59 bits per heavy atom. The maximum Gasteiger partial charge on any atom is 0.300 e. The van der Waals surface area contributed by atoms with E-state index in [4.69, 9.17) is 18.9 Å². The van der Waals surface area contributed by atoms with Crippen LogP contribution in [-0.2, 0) is 22.6 Å². The first kappa shape index (κ1) is 20.7. The number of ether oxygens (including phenoxy) is 4. The van der Waals surface area contributed by atoms with Crippen LogP contribution in [0.25, 0.3) is 11.1 Å². The quantitative estimate of drug-likeness (QED) is 0.541. The normalized spacial score (nSPS) is 19.5. The van der Waals surface area contributed by atoms with Gasteiger partial charge in [0.15, 0.2) is 6.10 Å². The predicted molar refractivity (Wildman–Crippen MR) is 119 cm³/mol. The standard InChI is InChI=1S/C25H26N2O5/c28-24-13-20(15-29-16-22-7-4-12-30-22)27-14-23(32-25(27)26-24)17-31-21-10-8-19(9-11-21)18-5-2-1-3-6-18/h1-3,5-6,8-11,13,22-23H,4,7,12,14-17H2/t22?,23-/m0/s1. The Labute approximate surface area is 186 Å². The Hall–Kier alpha value is -3.16. The zero-order chi connectivity index (χ0) is 21.8. The Kier molecular flexibility index (Phi) is 6.18. The minimum absolute atomic E-state index is 0.146. The van der Waals surface area contributed by atoms with Crippen LogP contribution in [-0.4, -0.2) is 41.6 Å². The first-order chi connectivity index (χ1) is 15.7. The van der Waals surface area contributed by atoms with Crippen LogP contribution < -0.4 is 15.0 Å². The average molecular weight is 434 g/mol. The number of aromatic nitrogens is 2. The highest BCUT2D eigenvalue weighted by Crippen LogP contribution is 2.24. The number of nitrogens with zero attached hydrogens (tertiary/aromatic N) is 2. The number of benzene rings is 2. The number of hydrogen-bond donors (Lipinski definition) is 0. The molecule has 166 valence electrons. The predicted octanol–water partition coefficient (Wildman–Crippen LogP) is 3.45. The molecular formula is C25H26N2O5. The van der Waals surface area contributed by atoms with Crippen LogP contribution in [0.15, 0.2) is 65.5 Å². The SMILES string of the molecule is O=c1cc(COCC2CCCO2)n2c(n1)O[C@H](COc1ccc(-c3ccccc3)cc1)C2. The van der Waals surface area contributed by atoms with E-state index in [9.17, 15) is 4.79 Å². The van der Waals surface area contributed by atoms with Crippen LogP contribution in [0, 0.1) is 0 Å². The first-order valence-corrected chi connectivity index (χ1v) is 11.0. The van der Waals surface area contributed by atoms with Crippen LogP contribution in [0.3, 0.4) is 0 Å². The van der Waals surface area contributed by atoms with Crippen molar-refractivity contribution in [2.75, 3.05) is 19.8 Å². The lowest BCUT2D eigenvalue weighted by Gasteiger charge is -2.13. The molecule has 7 heteroatoms. The van der Waals surface area contributed by atoms with Crippen molar-refractivity contribution in [1.82, 2.24) is 9.55 Å². The summed E-state index contributed by atoms with van der Waals surface area (Å²) in [6.07, 6.45) is 2.01. The van der Waals surface area contributed by atoms with Gasteiger partial charge in [-0.3, -0.25) is 9.36 Å². The zero-order valence-corrected chi connectivity index (χ0v) is 17.8. The second-order valence-corrected chi connectivity index (χ2v) is 8.07. The van der Waals surface area contributed by atoms with Crippen molar-refractivity contribution in [3.8, 4) is 22.9 Å². The third-order valence-corrected chi connectivity index (χ3v) is 5.71. The topological polar surface area (TPSA) is 71.8 Å². The highest BCUT2D eigenvalue weighted by molar-refractivity contribution is 5.63. The number of fused-ring (bicyclic) bond motifs is 1. The summed E-state index contributed by atoms with van der Waals surface area (Å²) in [7, 11) is 0. The summed E-state index contributed by atoms with van der Waals surface area (Å²) < 4.78 is 25.1. The molecule has 1 fully saturated rings. The van der Waals surface area contributed by atoms with Gasteiger partial charge in [0, 0.05) is 12.7 Å². The molecule has 3 aromatic rings. The minimum atomic E-state index is -0.329. The molecule has 7 nitrogen and oxygen atoms in total. The highest BCUT2D eigenvalue weighted by Gasteiger charge is 2.27. The van der Waals surface area contributed by atoms with Gasteiger partial charge in [-0.15, -0.1) is 0 Å². The van der Waals surface area contributed by atoms with Gasteiger partial charge >= 0.3 is 6.01 Å². The summed E-state index contributed by atoms with van der Waals surface area (Å²) in [5, 5.41) is 0. The van der Waals surface area contributed by atoms with Crippen LogP contribution >= 0.6 is 0 Å². The van der Waals surface area contributed by atoms with Gasteiger partial charge in [-0.25, -0.2) is 0 Å². The molecule has 0 radical (unpaired) electrons. The Bertz CT molecular complexity index is 1090. The molecule has 0 saturated carbocycles. The van der Waals surface area contributed by atoms with E-state index in [1.807, 2.05) is 47.0 Å². The van der Waals surface area contributed by atoms with Crippen LogP contribution in [0.5, 0.6) is 11.8 Å². The van der Waals surface area contributed by atoms with Gasteiger partial charge in [0.1, 0.15) is 12.4 Å².